The fourth-order valence-corrected chi connectivity index (χ4v) is 2.65. The molecule has 5 nitrogen and oxygen atoms in total. The van der Waals surface area contributed by atoms with Crippen LogP contribution in [0, 0.1) is 0 Å². The zero-order valence-corrected chi connectivity index (χ0v) is 14.1. The Labute approximate surface area is 144 Å². The number of pyridine rings is 1. The summed E-state index contributed by atoms with van der Waals surface area (Å²) >= 11 is 15.3. The molecule has 0 saturated heterocycles. The smallest absolute Gasteiger partial charge is 0.258 e. The van der Waals surface area contributed by atoms with E-state index in [0.717, 1.165) is 0 Å². The molecule has 1 aromatic heterocycles. The van der Waals surface area contributed by atoms with E-state index in [1.165, 1.54) is 6.20 Å². The maximum atomic E-state index is 12.3. The van der Waals surface area contributed by atoms with Crippen molar-refractivity contribution >= 4 is 50.7 Å². The molecule has 0 spiro atoms. The van der Waals surface area contributed by atoms with Crippen LogP contribution in [-0.4, -0.2) is 24.1 Å². The number of anilines is 1. The Balaban J connectivity index is 1.89. The summed E-state index contributed by atoms with van der Waals surface area (Å²) in [5, 5.41) is 3.14. The Bertz CT molecular complexity index is 755. The second kappa shape index (κ2) is 6.32. The first-order valence-corrected chi connectivity index (χ1v) is 7.81. The minimum Gasteiger partial charge on any atom is -0.486 e. The van der Waals surface area contributed by atoms with Gasteiger partial charge in [0.05, 0.1) is 16.3 Å². The summed E-state index contributed by atoms with van der Waals surface area (Å²) in [5.74, 6) is 0.665. The number of rotatable bonds is 2. The minimum atomic E-state index is -0.419. The SMILES string of the molecule is O=C(Nc1cc2c(cc1Cl)OCCO2)c1cc(Br)cnc1Cl. The summed E-state index contributed by atoms with van der Waals surface area (Å²) < 4.78 is 11.5. The van der Waals surface area contributed by atoms with Crippen LogP contribution < -0.4 is 14.8 Å². The molecule has 2 aromatic rings. The Morgan fingerprint density at radius 3 is 2.59 bits per heavy atom. The third kappa shape index (κ3) is 3.14. The number of hydrogen-bond donors (Lipinski definition) is 1. The molecule has 8 heteroatoms. The van der Waals surface area contributed by atoms with Crippen molar-refractivity contribution < 1.29 is 14.3 Å². The zero-order valence-electron chi connectivity index (χ0n) is 11.0. The fraction of sp³-hybridized carbons (Fsp3) is 0.143. The predicted octanol–water partition coefficient (Wildman–Crippen LogP) is 4.17. The summed E-state index contributed by atoms with van der Waals surface area (Å²) in [6.07, 6.45) is 1.51. The normalized spacial score (nSPS) is 12.9. The van der Waals surface area contributed by atoms with E-state index in [2.05, 4.69) is 26.2 Å². The topological polar surface area (TPSA) is 60.5 Å². The molecule has 1 aliphatic heterocycles. The molecule has 1 amide bonds. The van der Waals surface area contributed by atoms with Gasteiger partial charge < -0.3 is 14.8 Å². The molecule has 0 bridgehead atoms. The number of nitrogens with zero attached hydrogens (tertiary/aromatic N) is 1. The molecule has 2 heterocycles. The van der Waals surface area contributed by atoms with Gasteiger partial charge in [0.15, 0.2) is 11.5 Å². The molecule has 3 rings (SSSR count). The Morgan fingerprint density at radius 1 is 1.18 bits per heavy atom. The number of nitrogens with one attached hydrogen (secondary N) is 1. The molecule has 22 heavy (non-hydrogen) atoms. The molecular weight excluding hydrogens is 395 g/mol. The van der Waals surface area contributed by atoms with Crippen molar-refractivity contribution in [3.63, 3.8) is 0 Å². The molecular formula is C14H9BrCl2N2O3. The average molecular weight is 404 g/mol. The van der Waals surface area contributed by atoms with E-state index in [0.29, 0.717) is 39.9 Å². The van der Waals surface area contributed by atoms with Gasteiger partial charge in [-0.1, -0.05) is 23.2 Å². The highest BCUT2D eigenvalue weighted by Crippen LogP contribution is 2.38. The number of ether oxygens (including phenoxy) is 2. The Morgan fingerprint density at radius 2 is 1.86 bits per heavy atom. The lowest BCUT2D eigenvalue weighted by Crippen LogP contribution is -2.17. The number of amides is 1. The first kappa shape index (κ1) is 15.4. The van der Waals surface area contributed by atoms with E-state index < -0.39 is 5.91 Å². The number of hydrogen-bond acceptors (Lipinski definition) is 4. The van der Waals surface area contributed by atoms with Crippen LogP contribution in [0.25, 0.3) is 0 Å². The number of carbonyl (C=O) groups excluding carboxylic acids is 1. The monoisotopic (exact) mass is 402 g/mol. The predicted molar refractivity (Wildman–Crippen MR) is 87.3 cm³/mol. The number of benzene rings is 1. The highest BCUT2D eigenvalue weighted by Gasteiger charge is 2.18. The second-order valence-corrected chi connectivity index (χ2v) is 6.10. The molecule has 1 aliphatic rings. The molecule has 0 atom stereocenters. The van der Waals surface area contributed by atoms with Crippen molar-refractivity contribution in [2.75, 3.05) is 18.5 Å². The van der Waals surface area contributed by atoms with Gasteiger partial charge in [-0.25, -0.2) is 4.98 Å². The number of fused-ring (bicyclic) bond motifs is 1. The summed E-state index contributed by atoms with van der Waals surface area (Å²) in [5.41, 5.74) is 0.647. The highest BCUT2D eigenvalue weighted by atomic mass is 79.9. The summed E-state index contributed by atoms with van der Waals surface area (Å²) in [6, 6.07) is 4.80. The van der Waals surface area contributed by atoms with E-state index >= 15 is 0 Å². The van der Waals surface area contributed by atoms with Gasteiger partial charge in [-0.05, 0) is 22.0 Å². The first-order chi connectivity index (χ1) is 10.5. The van der Waals surface area contributed by atoms with Crippen LogP contribution >= 0.6 is 39.1 Å². The molecule has 0 unspecified atom stereocenters. The van der Waals surface area contributed by atoms with Crippen molar-refractivity contribution in [2.45, 2.75) is 0 Å². The number of carbonyl (C=O) groups is 1. The third-order valence-electron chi connectivity index (χ3n) is 2.93. The van der Waals surface area contributed by atoms with Crippen molar-refractivity contribution in [3.05, 3.63) is 44.6 Å². The molecule has 1 N–H and O–H groups in total. The lowest BCUT2D eigenvalue weighted by Gasteiger charge is -2.20. The van der Waals surface area contributed by atoms with Gasteiger partial charge in [-0.15, -0.1) is 0 Å². The summed E-state index contributed by atoms with van der Waals surface area (Å²) in [6.45, 7) is 0.914. The van der Waals surface area contributed by atoms with E-state index in [4.69, 9.17) is 32.7 Å². The fourth-order valence-electron chi connectivity index (χ4n) is 1.93. The van der Waals surface area contributed by atoms with E-state index in [9.17, 15) is 4.79 Å². The van der Waals surface area contributed by atoms with Crippen LogP contribution in [0.15, 0.2) is 28.9 Å². The van der Waals surface area contributed by atoms with E-state index in [1.54, 1.807) is 18.2 Å². The molecule has 114 valence electrons. The number of aromatic nitrogens is 1. The van der Waals surface area contributed by atoms with Gasteiger partial charge in [-0.2, -0.15) is 0 Å². The van der Waals surface area contributed by atoms with Crippen LogP contribution in [0.3, 0.4) is 0 Å². The van der Waals surface area contributed by atoms with Gasteiger partial charge in [0.25, 0.3) is 5.91 Å². The Hall–Kier alpha value is -1.50. The molecule has 1 aromatic carbocycles. The van der Waals surface area contributed by atoms with Crippen molar-refractivity contribution in [1.82, 2.24) is 4.98 Å². The molecule has 0 radical (unpaired) electrons. The van der Waals surface area contributed by atoms with Crippen molar-refractivity contribution in [1.29, 1.82) is 0 Å². The van der Waals surface area contributed by atoms with E-state index in [-0.39, 0.29) is 10.7 Å². The lowest BCUT2D eigenvalue weighted by atomic mass is 10.2. The summed E-state index contributed by atoms with van der Waals surface area (Å²) in [4.78, 5) is 16.2. The maximum absolute atomic E-state index is 12.3. The third-order valence-corrected chi connectivity index (χ3v) is 3.98. The van der Waals surface area contributed by atoms with Crippen LogP contribution in [0.2, 0.25) is 10.2 Å². The molecule has 0 saturated carbocycles. The Kier molecular flexibility index (Phi) is 4.42. The summed E-state index contributed by atoms with van der Waals surface area (Å²) in [7, 11) is 0. The molecule has 0 fully saturated rings. The lowest BCUT2D eigenvalue weighted by molar-refractivity contribution is 0.102. The van der Waals surface area contributed by atoms with Crippen LogP contribution in [0.4, 0.5) is 5.69 Å². The quantitative estimate of drug-likeness (QED) is 0.764. The van der Waals surface area contributed by atoms with Gasteiger partial charge in [0.2, 0.25) is 0 Å². The van der Waals surface area contributed by atoms with E-state index in [1.807, 2.05) is 0 Å². The van der Waals surface area contributed by atoms with Crippen LogP contribution in [0.1, 0.15) is 10.4 Å². The van der Waals surface area contributed by atoms with Gasteiger partial charge in [0.1, 0.15) is 18.4 Å². The minimum absolute atomic E-state index is 0.106. The standard InChI is InChI=1S/C14H9BrCl2N2O3/c15-7-3-8(13(17)18-6-7)14(20)19-10-5-12-11(4-9(10)16)21-1-2-22-12/h3-6H,1-2H2,(H,19,20). The second-order valence-electron chi connectivity index (χ2n) is 4.42. The van der Waals surface area contributed by atoms with Crippen molar-refractivity contribution in [3.8, 4) is 11.5 Å². The van der Waals surface area contributed by atoms with Gasteiger partial charge in [0, 0.05) is 22.8 Å². The first-order valence-electron chi connectivity index (χ1n) is 6.26. The van der Waals surface area contributed by atoms with Crippen LogP contribution in [-0.2, 0) is 0 Å². The van der Waals surface area contributed by atoms with Gasteiger partial charge >= 0.3 is 0 Å². The number of halogens is 3. The van der Waals surface area contributed by atoms with Crippen LogP contribution in [0.5, 0.6) is 11.5 Å². The van der Waals surface area contributed by atoms with Gasteiger partial charge in [-0.3, -0.25) is 4.79 Å². The maximum Gasteiger partial charge on any atom is 0.258 e. The largest absolute Gasteiger partial charge is 0.486 e. The van der Waals surface area contributed by atoms with Crippen molar-refractivity contribution in [2.24, 2.45) is 0 Å². The average Bonchev–Trinajstić information content (AvgIpc) is 2.50. The zero-order chi connectivity index (χ0) is 15.7. The molecule has 0 aliphatic carbocycles. The highest BCUT2D eigenvalue weighted by molar-refractivity contribution is 9.10.